The van der Waals surface area contributed by atoms with Crippen molar-refractivity contribution < 1.29 is 13.2 Å². The van der Waals surface area contributed by atoms with E-state index in [4.69, 9.17) is 4.74 Å². The normalized spacial score (nSPS) is 12.8. The molecule has 8 heteroatoms. The van der Waals surface area contributed by atoms with Crippen LogP contribution in [-0.4, -0.2) is 64.4 Å². The summed E-state index contributed by atoms with van der Waals surface area (Å²) in [4.78, 5) is 6.52. The largest absolute Gasteiger partial charge is 0.492 e. The Labute approximate surface area is 157 Å². The van der Waals surface area contributed by atoms with Gasteiger partial charge in [0.15, 0.2) is 5.96 Å². The van der Waals surface area contributed by atoms with Gasteiger partial charge in [0.1, 0.15) is 12.4 Å². The number of nitrogens with one attached hydrogen (secondary N) is 2. The van der Waals surface area contributed by atoms with Crippen LogP contribution in [0.2, 0.25) is 0 Å². The molecule has 0 unspecified atom stereocenters. The lowest BCUT2D eigenvalue weighted by Crippen LogP contribution is -2.47. The van der Waals surface area contributed by atoms with Gasteiger partial charge in [-0.2, -0.15) is 0 Å². The maximum absolute atomic E-state index is 11.4. The number of sulfonamides is 1. The number of hydrogen-bond acceptors (Lipinski definition) is 4. The number of aryl methyl sites for hydroxylation is 1. The summed E-state index contributed by atoms with van der Waals surface area (Å²) in [7, 11) is -1.36. The van der Waals surface area contributed by atoms with Gasteiger partial charge in [-0.25, -0.2) is 13.1 Å². The zero-order valence-corrected chi connectivity index (χ0v) is 17.5. The van der Waals surface area contributed by atoms with E-state index in [1.807, 2.05) is 63.9 Å². The second-order valence-electron chi connectivity index (χ2n) is 7.01. The SMILES string of the molecule is CCNC(=NCC(C)(C)NS(C)(=O)=O)N(C)CCOc1ccc(C)cc1. The predicted molar refractivity (Wildman–Crippen MR) is 107 cm³/mol. The molecule has 1 rings (SSSR count). The van der Waals surface area contributed by atoms with Crippen molar-refractivity contribution in [1.82, 2.24) is 14.9 Å². The predicted octanol–water partition coefficient (Wildman–Crippen LogP) is 1.60. The molecule has 26 heavy (non-hydrogen) atoms. The summed E-state index contributed by atoms with van der Waals surface area (Å²) >= 11 is 0. The summed E-state index contributed by atoms with van der Waals surface area (Å²) < 4.78 is 31.2. The Morgan fingerprint density at radius 2 is 1.88 bits per heavy atom. The van der Waals surface area contributed by atoms with E-state index < -0.39 is 15.6 Å². The van der Waals surface area contributed by atoms with Crippen molar-refractivity contribution in [2.45, 2.75) is 33.2 Å². The third-order valence-corrected chi connectivity index (χ3v) is 4.42. The highest BCUT2D eigenvalue weighted by atomic mass is 32.2. The molecule has 0 aliphatic carbocycles. The van der Waals surface area contributed by atoms with Crippen LogP contribution >= 0.6 is 0 Å². The monoisotopic (exact) mass is 384 g/mol. The van der Waals surface area contributed by atoms with Gasteiger partial charge in [0, 0.05) is 19.1 Å². The highest BCUT2D eigenvalue weighted by Crippen LogP contribution is 2.11. The lowest BCUT2D eigenvalue weighted by molar-refractivity contribution is 0.281. The van der Waals surface area contributed by atoms with Gasteiger partial charge in [-0.05, 0) is 39.8 Å². The lowest BCUT2D eigenvalue weighted by Gasteiger charge is -2.26. The molecule has 0 bridgehead atoms. The molecule has 0 heterocycles. The second kappa shape index (κ2) is 9.78. The topological polar surface area (TPSA) is 83.0 Å². The van der Waals surface area contributed by atoms with Crippen LogP contribution in [-0.2, 0) is 10.0 Å². The van der Waals surface area contributed by atoms with Crippen LogP contribution in [0.25, 0.3) is 0 Å². The molecule has 1 aromatic rings. The zero-order chi connectivity index (χ0) is 19.8. The number of ether oxygens (including phenoxy) is 1. The first-order valence-electron chi connectivity index (χ1n) is 8.70. The number of likely N-dealkylation sites (N-methyl/N-ethyl adjacent to an activating group) is 1. The molecule has 2 N–H and O–H groups in total. The van der Waals surface area contributed by atoms with Crippen LogP contribution in [0.3, 0.4) is 0 Å². The minimum absolute atomic E-state index is 0.325. The van der Waals surface area contributed by atoms with Gasteiger partial charge in [-0.1, -0.05) is 17.7 Å². The number of nitrogens with zero attached hydrogens (tertiary/aromatic N) is 2. The van der Waals surface area contributed by atoms with E-state index in [9.17, 15) is 8.42 Å². The van der Waals surface area contributed by atoms with Crippen molar-refractivity contribution in [2.75, 3.05) is 39.5 Å². The average Bonchev–Trinajstić information content (AvgIpc) is 2.51. The van der Waals surface area contributed by atoms with E-state index in [0.29, 0.717) is 25.7 Å². The molecule has 0 saturated heterocycles. The van der Waals surface area contributed by atoms with E-state index in [0.717, 1.165) is 18.6 Å². The second-order valence-corrected chi connectivity index (χ2v) is 8.76. The smallest absolute Gasteiger partial charge is 0.209 e. The van der Waals surface area contributed by atoms with Gasteiger partial charge >= 0.3 is 0 Å². The summed E-state index contributed by atoms with van der Waals surface area (Å²) in [5.41, 5.74) is 0.536. The molecule has 148 valence electrons. The molecule has 0 aromatic heterocycles. The van der Waals surface area contributed by atoms with Gasteiger partial charge in [0.25, 0.3) is 0 Å². The third-order valence-electron chi connectivity index (χ3n) is 3.50. The Kier molecular flexibility index (Phi) is 8.36. The average molecular weight is 385 g/mol. The van der Waals surface area contributed by atoms with Crippen molar-refractivity contribution in [2.24, 2.45) is 4.99 Å². The zero-order valence-electron chi connectivity index (χ0n) is 16.7. The molecule has 0 atom stereocenters. The molecule has 0 aliphatic heterocycles. The number of rotatable bonds is 9. The van der Waals surface area contributed by atoms with Crippen molar-refractivity contribution in [3.8, 4) is 5.75 Å². The van der Waals surface area contributed by atoms with Crippen molar-refractivity contribution in [3.05, 3.63) is 29.8 Å². The Balaban J connectivity index is 2.61. The molecular weight excluding hydrogens is 352 g/mol. The third kappa shape index (κ3) is 9.05. The summed E-state index contributed by atoms with van der Waals surface area (Å²) in [6, 6.07) is 7.94. The Hall–Kier alpha value is -1.80. The summed E-state index contributed by atoms with van der Waals surface area (Å²) in [6.45, 7) is 9.87. The van der Waals surface area contributed by atoms with Gasteiger partial charge in [0.2, 0.25) is 10.0 Å². The quantitative estimate of drug-likeness (QED) is 0.499. The highest BCUT2D eigenvalue weighted by molar-refractivity contribution is 7.88. The first-order valence-corrected chi connectivity index (χ1v) is 10.6. The van der Waals surface area contributed by atoms with Crippen LogP contribution in [0.15, 0.2) is 29.3 Å². The lowest BCUT2D eigenvalue weighted by atomic mass is 10.1. The Morgan fingerprint density at radius 3 is 2.42 bits per heavy atom. The first-order chi connectivity index (χ1) is 12.0. The van der Waals surface area contributed by atoms with Gasteiger partial charge in [-0.3, -0.25) is 4.99 Å². The van der Waals surface area contributed by atoms with Crippen LogP contribution in [0, 0.1) is 6.92 Å². The van der Waals surface area contributed by atoms with Crippen molar-refractivity contribution in [3.63, 3.8) is 0 Å². The van der Waals surface area contributed by atoms with E-state index in [2.05, 4.69) is 15.0 Å². The van der Waals surface area contributed by atoms with Crippen LogP contribution in [0.4, 0.5) is 0 Å². The fourth-order valence-electron chi connectivity index (χ4n) is 2.32. The molecule has 0 amide bonds. The fraction of sp³-hybridized carbons (Fsp3) is 0.611. The summed E-state index contributed by atoms with van der Waals surface area (Å²) in [5.74, 6) is 1.55. The first kappa shape index (κ1) is 22.2. The van der Waals surface area contributed by atoms with E-state index in [1.54, 1.807) is 0 Å². The van der Waals surface area contributed by atoms with Gasteiger partial charge in [0.05, 0.1) is 19.3 Å². The van der Waals surface area contributed by atoms with Crippen LogP contribution < -0.4 is 14.8 Å². The minimum atomic E-state index is -3.28. The molecular formula is C18H32N4O3S. The molecule has 0 fully saturated rings. The van der Waals surface area contributed by atoms with Crippen LogP contribution in [0.1, 0.15) is 26.3 Å². The van der Waals surface area contributed by atoms with Gasteiger partial charge in [-0.15, -0.1) is 0 Å². The molecule has 0 saturated carbocycles. The van der Waals surface area contributed by atoms with E-state index in [-0.39, 0.29) is 0 Å². The summed E-state index contributed by atoms with van der Waals surface area (Å²) in [5, 5.41) is 3.22. The van der Waals surface area contributed by atoms with Gasteiger partial charge < -0.3 is 15.0 Å². The molecule has 1 aromatic carbocycles. The maximum Gasteiger partial charge on any atom is 0.209 e. The van der Waals surface area contributed by atoms with Crippen molar-refractivity contribution >= 4 is 16.0 Å². The standard InChI is InChI=1S/C18H32N4O3S/c1-7-19-17(20-14-18(3,4)21-26(6,23)24)22(5)12-13-25-16-10-8-15(2)9-11-16/h8-11,21H,7,12-14H2,1-6H3,(H,19,20). The minimum Gasteiger partial charge on any atom is -0.492 e. The number of aliphatic imine (C=N–C) groups is 1. The van der Waals surface area contributed by atoms with Crippen LogP contribution in [0.5, 0.6) is 5.75 Å². The molecule has 0 aliphatic rings. The maximum atomic E-state index is 11.4. The number of hydrogen-bond donors (Lipinski definition) is 2. The molecule has 7 nitrogen and oxygen atoms in total. The molecule has 0 radical (unpaired) electrons. The number of benzene rings is 1. The number of guanidine groups is 1. The highest BCUT2D eigenvalue weighted by Gasteiger charge is 2.22. The Morgan fingerprint density at radius 1 is 1.27 bits per heavy atom. The van der Waals surface area contributed by atoms with E-state index in [1.165, 1.54) is 5.56 Å². The fourth-order valence-corrected chi connectivity index (χ4v) is 3.39. The van der Waals surface area contributed by atoms with E-state index >= 15 is 0 Å². The Bertz CT molecular complexity index is 685. The summed E-state index contributed by atoms with van der Waals surface area (Å²) in [6.07, 6.45) is 1.15. The molecule has 0 spiro atoms. The van der Waals surface area contributed by atoms with Crippen molar-refractivity contribution in [1.29, 1.82) is 0 Å².